The van der Waals surface area contributed by atoms with E-state index in [0.717, 1.165) is 16.7 Å². The van der Waals surface area contributed by atoms with Gasteiger partial charge in [-0.1, -0.05) is 48.0 Å². The number of aryl methyl sites for hydroxylation is 1. The van der Waals surface area contributed by atoms with Crippen LogP contribution in [0.1, 0.15) is 28.4 Å². The molecule has 0 amide bonds. The van der Waals surface area contributed by atoms with Crippen LogP contribution in [0.3, 0.4) is 0 Å². The van der Waals surface area contributed by atoms with Crippen molar-refractivity contribution in [1.82, 2.24) is 8.97 Å². The molecule has 0 atom stereocenters. The van der Waals surface area contributed by atoms with Crippen LogP contribution in [0.25, 0.3) is 16.8 Å². The molecule has 0 bridgehead atoms. The van der Waals surface area contributed by atoms with Gasteiger partial charge in [-0.25, -0.2) is 9.18 Å². The van der Waals surface area contributed by atoms with Crippen molar-refractivity contribution >= 4 is 11.6 Å². The number of rotatable bonds is 5. The average molecular weight is 404 g/mol. The fourth-order valence-electron chi connectivity index (χ4n) is 3.43. The van der Waals surface area contributed by atoms with Crippen LogP contribution < -0.4 is 5.56 Å². The molecule has 0 spiro atoms. The minimum atomic E-state index is -0.697. The number of nitrogens with zero attached hydrogens (tertiary/aromatic N) is 2. The average Bonchev–Trinajstić information content (AvgIpc) is 3.18. The molecule has 2 aromatic heterocycles. The maximum absolute atomic E-state index is 14.3. The number of esters is 1. The highest BCUT2D eigenvalue weighted by Crippen LogP contribution is 2.23. The van der Waals surface area contributed by atoms with E-state index in [0.29, 0.717) is 11.2 Å². The van der Waals surface area contributed by atoms with Gasteiger partial charge in [0, 0.05) is 23.5 Å². The monoisotopic (exact) mass is 404 g/mol. The number of benzene rings is 2. The second-order valence-corrected chi connectivity index (χ2v) is 7.11. The third kappa shape index (κ3) is 3.64. The van der Waals surface area contributed by atoms with Gasteiger partial charge in [-0.05, 0) is 31.5 Å². The Kier molecular flexibility index (Phi) is 5.23. The van der Waals surface area contributed by atoms with Crippen LogP contribution in [0.5, 0.6) is 0 Å². The predicted octanol–water partition coefficient (Wildman–Crippen LogP) is 4.44. The highest BCUT2D eigenvalue weighted by atomic mass is 19.1. The molecular weight excluding hydrogens is 383 g/mol. The lowest BCUT2D eigenvalue weighted by Gasteiger charge is -2.12. The molecule has 0 unspecified atom stereocenters. The van der Waals surface area contributed by atoms with E-state index < -0.39 is 11.5 Å². The Balaban J connectivity index is 1.92. The topological polar surface area (TPSA) is 52.7 Å². The molecule has 0 saturated heterocycles. The molecule has 5 nitrogen and oxygen atoms in total. The molecule has 0 aliphatic rings. The lowest BCUT2D eigenvalue weighted by Crippen LogP contribution is -2.26. The van der Waals surface area contributed by atoms with Gasteiger partial charge in [0.2, 0.25) is 0 Å². The van der Waals surface area contributed by atoms with Gasteiger partial charge in [-0.15, -0.1) is 0 Å². The summed E-state index contributed by atoms with van der Waals surface area (Å²) in [5.74, 6) is -1.05. The van der Waals surface area contributed by atoms with Gasteiger partial charge in [0.1, 0.15) is 17.0 Å². The quantitative estimate of drug-likeness (QED) is 0.462. The lowest BCUT2D eigenvalue weighted by molar-refractivity contribution is 0.0523. The first kappa shape index (κ1) is 19.6. The first-order valence-corrected chi connectivity index (χ1v) is 9.71. The SMILES string of the molecule is CCOC(=O)c1cn(Cc2ccccc2F)c2cc(-c3ccc(C)cc3)cn2c1=O. The van der Waals surface area contributed by atoms with Gasteiger partial charge < -0.3 is 9.30 Å². The Morgan fingerprint density at radius 3 is 2.47 bits per heavy atom. The van der Waals surface area contributed by atoms with Crippen molar-refractivity contribution in [3.8, 4) is 11.1 Å². The third-order valence-electron chi connectivity index (χ3n) is 5.01. The largest absolute Gasteiger partial charge is 0.462 e. The Morgan fingerprint density at radius 2 is 1.77 bits per heavy atom. The van der Waals surface area contributed by atoms with Crippen molar-refractivity contribution < 1.29 is 13.9 Å². The summed E-state index contributed by atoms with van der Waals surface area (Å²) in [6.07, 6.45) is 3.14. The highest BCUT2D eigenvalue weighted by Gasteiger charge is 2.18. The zero-order valence-corrected chi connectivity index (χ0v) is 16.8. The molecule has 0 saturated carbocycles. The molecule has 4 rings (SSSR count). The van der Waals surface area contributed by atoms with Gasteiger partial charge in [-0.2, -0.15) is 0 Å². The molecule has 152 valence electrons. The summed E-state index contributed by atoms with van der Waals surface area (Å²) in [5.41, 5.74) is 3.36. The lowest BCUT2D eigenvalue weighted by atomic mass is 10.1. The normalized spacial score (nSPS) is 11.0. The van der Waals surface area contributed by atoms with Crippen molar-refractivity contribution in [2.24, 2.45) is 0 Å². The summed E-state index contributed by atoms with van der Waals surface area (Å²) in [4.78, 5) is 25.4. The predicted molar refractivity (Wildman–Crippen MR) is 113 cm³/mol. The zero-order chi connectivity index (χ0) is 21.3. The zero-order valence-electron chi connectivity index (χ0n) is 16.8. The van der Waals surface area contributed by atoms with Crippen molar-refractivity contribution in [2.45, 2.75) is 20.4 Å². The van der Waals surface area contributed by atoms with Gasteiger partial charge in [0.15, 0.2) is 0 Å². The first-order valence-electron chi connectivity index (χ1n) is 9.71. The fourth-order valence-corrected chi connectivity index (χ4v) is 3.43. The molecule has 2 aromatic carbocycles. The maximum Gasteiger partial charge on any atom is 0.345 e. The van der Waals surface area contributed by atoms with E-state index in [-0.39, 0.29) is 24.5 Å². The minimum Gasteiger partial charge on any atom is -0.462 e. The summed E-state index contributed by atoms with van der Waals surface area (Å²) >= 11 is 0. The summed E-state index contributed by atoms with van der Waals surface area (Å²) < 4.78 is 22.4. The van der Waals surface area contributed by atoms with Crippen LogP contribution in [-0.4, -0.2) is 21.5 Å². The molecule has 2 heterocycles. The summed E-state index contributed by atoms with van der Waals surface area (Å²) in [7, 11) is 0. The highest BCUT2D eigenvalue weighted by molar-refractivity contribution is 5.89. The van der Waals surface area contributed by atoms with E-state index in [1.807, 2.05) is 37.3 Å². The Morgan fingerprint density at radius 1 is 1.03 bits per heavy atom. The Hall–Kier alpha value is -3.67. The number of hydrogen-bond acceptors (Lipinski definition) is 3. The van der Waals surface area contributed by atoms with Crippen LogP contribution in [0.15, 0.2) is 71.8 Å². The van der Waals surface area contributed by atoms with Crippen molar-refractivity contribution in [3.63, 3.8) is 0 Å². The smallest absolute Gasteiger partial charge is 0.345 e. The van der Waals surface area contributed by atoms with Crippen LogP contribution >= 0.6 is 0 Å². The number of carbonyl (C=O) groups excluding carboxylic acids is 1. The molecule has 0 N–H and O–H groups in total. The van der Waals surface area contributed by atoms with E-state index in [1.54, 1.807) is 35.9 Å². The van der Waals surface area contributed by atoms with E-state index in [9.17, 15) is 14.0 Å². The number of fused-ring (bicyclic) bond motifs is 1. The van der Waals surface area contributed by atoms with Crippen molar-refractivity contribution in [2.75, 3.05) is 6.61 Å². The van der Waals surface area contributed by atoms with Crippen LogP contribution in [0, 0.1) is 12.7 Å². The van der Waals surface area contributed by atoms with Crippen LogP contribution in [0.4, 0.5) is 4.39 Å². The number of carbonyl (C=O) groups is 1. The summed E-state index contributed by atoms with van der Waals surface area (Å²) in [6.45, 7) is 4.01. The molecule has 0 aliphatic carbocycles. The summed E-state index contributed by atoms with van der Waals surface area (Å²) in [6, 6.07) is 16.2. The second-order valence-electron chi connectivity index (χ2n) is 7.11. The third-order valence-corrected chi connectivity index (χ3v) is 5.01. The van der Waals surface area contributed by atoms with E-state index in [1.165, 1.54) is 16.7 Å². The van der Waals surface area contributed by atoms with Gasteiger partial charge in [0.05, 0.1) is 13.2 Å². The van der Waals surface area contributed by atoms with Crippen molar-refractivity contribution in [1.29, 1.82) is 0 Å². The van der Waals surface area contributed by atoms with Crippen LogP contribution in [-0.2, 0) is 11.3 Å². The van der Waals surface area contributed by atoms with E-state index >= 15 is 0 Å². The minimum absolute atomic E-state index is 0.0910. The number of hydrogen-bond donors (Lipinski definition) is 0. The van der Waals surface area contributed by atoms with Crippen LogP contribution in [0.2, 0.25) is 0 Å². The van der Waals surface area contributed by atoms with Gasteiger partial charge in [-0.3, -0.25) is 9.20 Å². The van der Waals surface area contributed by atoms with Gasteiger partial charge >= 0.3 is 5.97 Å². The molecule has 0 radical (unpaired) electrons. The second kappa shape index (κ2) is 7.99. The number of aromatic nitrogens is 2. The van der Waals surface area contributed by atoms with E-state index in [4.69, 9.17) is 4.74 Å². The fraction of sp³-hybridized carbons (Fsp3) is 0.167. The molecule has 0 fully saturated rings. The Bertz CT molecular complexity index is 1290. The molecular formula is C24H21FN2O3. The molecule has 6 heteroatoms. The Labute approximate surface area is 173 Å². The maximum atomic E-state index is 14.3. The standard InChI is InChI=1S/C24H21FN2O3/c1-3-30-24(29)20-15-26(13-18-6-4-5-7-21(18)25)22-12-19(14-27(22)23(20)28)17-10-8-16(2)9-11-17/h4-12,14-15H,3,13H2,1-2H3. The van der Waals surface area contributed by atoms with E-state index in [2.05, 4.69) is 0 Å². The number of ether oxygens (including phenoxy) is 1. The molecule has 4 aromatic rings. The van der Waals surface area contributed by atoms with Gasteiger partial charge in [0.25, 0.3) is 5.56 Å². The number of halogens is 1. The molecule has 30 heavy (non-hydrogen) atoms. The van der Waals surface area contributed by atoms with Crippen molar-refractivity contribution in [3.05, 3.63) is 99.9 Å². The summed E-state index contributed by atoms with van der Waals surface area (Å²) in [5, 5.41) is 0. The first-order chi connectivity index (χ1) is 14.5. The molecule has 0 aliphatic heterocycles.